The standard InChI is InChI=1S/C19H24N2O6S/c1-13(19(22)20-17-11-10-16(26-3)12-18(17)27-4)21(28(5,23)24)14-6-8-15(25-2)9-7-14/h6-13H,1-5H3,(H,20,22). The number of amides is 1. The van der Waals surface area contributed by atoms with Gasteiger partial charge in [-0.2, -0.15) is 0 Å². The lowest BCUT2D eigenvalue weighted by atomic mass is 10.2. The first-order valence-electron chi connectivity index (χ1n) is 8.37. The second kappa shape index (κ2) is 8.83. The lowest BCUT2D eigenvalue weighted by Gasteiger charge is -2.28. The van der Waals surface area contributed by atoms with E-state index in [-0.39, 0.29) is 0 Å². The molecule has 1 atom stereocenters. The molecule has 0 aliphatic carbocycles. The van der Waals surface area contributed by atoms with E-state index in [1.165, 1.54) is 28.3 Å². The van der Waals surface area contributed by atoms with Gasteiger partial charge in [-0.05, 0) is 43.3 Å². The van der Waals surface area contributed by atoms with Gasteiger partial charge in [0.25, 0.3) is 0 Å². The molecule has 0 aromatic heterocycles. The number of carbonyl (C=O) groups is 1. The molecule has 28 heavy (non-hydrogen) atoms. The van der Waals surface area contributed by atoms with Crippen molar-refractivity contribution in [3.63, 3.8) is 0 Å². The molecule has 2 aromatic carbocycles. The van der Waals surface area contributed by atoms with E-state index >= 15 is 0 Å². The van der Waals surface area contributed by atoms with Crippen LogP contribution < -0.4 is 23.8 Å². The fraction of sp³-hybridized carbons (Fsp3) is 0.316. The van der Waals surface area contributed by atoms with Crippen LogP contribution in [-0.2, 0) is 14.8 Å². The summed E-state index contributed by atoms with van der Waals surface area (Å²) < 4.78 is 41.3. The van der Waals surface area contributed by atoms with E-state index in [1.807, 2.05) is 0 Å². The molecule has 2 aromatic rings. The van der Waals surface area contributed by atoms with Crippen molar-refractivity contribution in [1.82, 2.24) is 0 Å². The predicted molar refractivity (Wildman–Crippen MR) is 108 cm³/mol. The van der Waals surface area contributed by atoms with E-state index in [0.717, 1.165) is 10.6 Å². The van der Waals surface area contributed by atoms with Gasteiger partial charge in [0.15, 0.2) is 0 Å². The van der Waals surface area contributed by atoms with Gasteiger partial charge in [0, 0.05) is 6.07 Å². The molecule has 0 aliphatic rings. The normalized spacial score (nSPS) is 12.0. The van der Waals surface area contributed by atoms with E-state index in [4.69, 9.17) is 14.2 Å². The van der Waals surface area contributed by atoms with Gasteiger partial charge in [0.05, 0.1) is 39.0 Å². The third kappa shape index (κ3) is 4.86. The molecular weight excluding hydrogens is 384 g/mol. The van der Waals surface area contributed by atoms with Crippen molar-refractivity contribution in [3.05, 3.63) is 42.5 Å². The van der Waals surface area contributed by atoms with Crippen LogP contribution in [0.4, 0.5) is 11.4 Å². The summed E-state index contributed by atoms with van der Waals surface area (Å²) in [5.74, 6) is 1.04. The van der Waals surface area contributed by atoms with E-state index < -0.39 is 22.0 Å². The summed E-state index contributed by atoms with van der Waals surface area (Å²) in [6.45, 7) is 1.51. The molecule has 0 radical (unpaired) electrons. The van der Waals surface area contributed by atoms with Gasteiger partial charge >= 0.3 is 0 Å². The predicted octanol–water partition coefficient (Wildman–Crippen LogP) is 2.51. The summed E-state index contributed by atoms with van der Waals surface area (Å²) in [5.41, 5.74) is 0.760. The Balaban J connectivity index is 2.31. The van der Waals surface area contributed by atoms with Crippen molar-refractivity contribution in [2.45, 2.75) is 13.0 Å². The van der Waals surface area contributed by atoms with E-state index in [9.17, 15) is 13.2 Å². The number of rotatable bonds is 8. The van der Waals surface area contributed by atoms with Crippen molar-refractivity contribution in [2.24, 2.45) is 0 Å². The Hall–Kier alpha value is -2.94. The third-order valence-corrected chi connectivity index (χ3v) is 5.32. The van der Waals surface area contributed by atoms with Gasteiger partial charge in [0.1, 0.15) is 23.3 Å². The largest absolute Gasteiger partial charge is 0.497 e. The summed E-state index contributed by atoms with van der Waals surface area (Å²) in [5, 5.41) is 2.71. The molecule has 0 fully saturated rings. The van der Waals surface area contributed by atoms with Crippen molar-refractivity contribution in [2.75, 3.05) is 37.2 Å². The van der Waals surface area contributed by atoms with Crippen LogP contribution in [0, 0.1) is 0 Å². The Labute approximate surface area is 165 Å². The molecule has 0 bridgehead atoms. The van der Waals surface area contributed by atoms with Crippen LogP contribution in [0.15, 0.2) is 42.5 Å². The van der Waals surface area contributed by atoms with Gasteiger partial charge in [-0.25, -0.2) is 8.42 Å². The number of hydrogen-bond donors (Lipinski definition) is 1. The quantitative estimate of drug-likeness (QED) is 0.721. The second-order valence-electron chi connectivity index (χ2n) is 5.99. The lowest BCUT2D eigenvalue weighted by molar-refractivity contribution is -0.116. The zero-order chi connectivity index (χ0) is 20.9. The number of nitrogens with one attached hydrogen (secondary N) is 1. The van der Waals surface area contributed by atoms with Crippen LogP contribution in [0.5, 0.6) is 17.2 Å². The van der Waals surface area contributed by atoms with Crippen molar-refractivity contribution in [1.29, 1.82) is 0 Å². The highest BCUT2D eigenvalue weighted by atomic mass is 32.2. The van der Waals surface area contributed by atoms with Gasteiger partial charge in [-0.1, -0.05) is 0 Å². The molecule has 0 saturated carbocycles. The highest BCUT2D eigenvalue weighted by Gasteiger charge is 2.29. The number of nitrogens with zero attached hydrogens (tertiary/aromatic N) is 1. The molecule has 0 aliphatic heterocycles. The fourth-order valence-corrected chi connectivity index (χ4v) is 3.85. The molecule has 1 amide bonds. The Morgan fingerprint density at radius 1 is 0.964 bits per heavy atom. The zero-order valence-corrected chi connectivity index (χ0v) is 17.2. The molecule has 1 unspecified atom stereocenters. The molecular formula is C19H24N2O6S. The minimum atomic E-state index is -3.72. The number of anilines is 2. The first kappa shape index (κ1) is 21.4. The molecule has 0 saturated heterocycles. The average molecular weight is 408 g/mol. The maximum Gasteiger partial charge on any atom is 0.248 e. The first-order chi connectivity index (χ1) is 13.2. The smallest absolute Gasteiger partial charge is 0.248 e. The molecule has 152 valence electrons. The summed E-state index contributed by atoms with van der Waals surface area (Å²) in [7, 11) is 0.784. The number of carbonyl (C=O) groups excluding carboxylic acids is 1. The molecule has 0 spiro atoms. The monoisotopic (exact) mass is 408 g/mol. The number of sulfonamides is 1. The first-order valence-corrected chi connectivity index (χ1v) is 10.2. The van der Waals surface area contributed by atoms with E-state index in [0.29, 0.717) is 28.6 Å². The van der Waals surface area contributed by atoms with Crippen LogP contribution in [0.3, 0.4) is 0 Å². The molecule has 0 heterocycles. The van der Waals surface area contributed by atoms with Gasteiger partial charge in [-0.15, -0.1) is 0 Å². The van der Waals surface area contributed by atoms with Crippen LogP contribution >= 0.6 is 0 Å². The SMILES string of the molecule is COc1ccc(N(C(C)C(=O)Nc2ccc(OC)cc2OC)S(C)(=O)=O)cc1. The minimum Gasteiger partial charge on any atom is -0.497 e. The third-order valence-electron chi connectivity index (χ3n) is 4.08. The number of methoxy groups -OCH3 is 3. The average Bonchev–Trinajstić information content (AvgIpc) is 2.67. The van der Waals surface area contributed by atoms with Crippen LogP contribution in [0.1, 0.15) is 6.92 Å². The molecule has 1 N–H and O–H groups in total. The zero-order valence-electron chi connectivity index (χ0n) is 16.4. The highest BCUT2D eigenvalue weighted by Crippen LogP contribution is 2.30. The van der Waals surface area contributed by atoms with E-state index in [2.05, 4.69) is 5.32 Å². The fourth-order valence-electron chi connectivity index (χ4n) is 2.68. The number of benzene rings is 2. The molecule has 2 rings (SSSR count). The van der Waals surface area contributed by atoms with Crippen molar-refractivity contribution in [3.8, 4) is 17.2 Å². The topological polar surface area (TPSA) is 94.2 Å². The van der Waals surface area contributed by atoms with Gasteiger partial charge < -0.3 is 19.5 Å². The summed E-state index contributed by atoms with van der Waals surface area (Å²) in [6.07, 6.45) is 1.05. The minimum absolute atomic E-state index is 0.354. The van der Waals surface area contributed by atoms with Gasteiger partial charge in [-0.3, -0.25) is 9.10 Å². The van der Waals surface area contributed by atoms with Gasteiger partial charge in [0.2, 0.25) is 15.9 Å². The van der Waals surface area contributed by atoms with Crippen LogP contribution in [0.2, 0.25) is 0 Å². The number of ether oxygens (including phenoxy) is 3. The Bertz CT molecular complexity index is 928. The van der Waals surface area contributed by atoms with Crippen LogP contribution in [0.25, 0.3) is 0 Å². The maximum atomic E-state index is 12.8. The summed E-state index contributed by atoms with van der Waals surface area (Å²) >= 11 is 0. The maximum absolute atomic E-state index is 12.8. The molecule has 9 heteroatoms. The van der Waals surface area contributed by atoms with Crippen LogP contribution in [-0.4, -0.2) is 48.0 Å². The summed E-state index contributed by atoms with van der Waals surface area (Å²) in [6, 6.07) is 10.3. The Kier molecular flexibility index (Phi) is 6.74. The highest BCUT2D eigenvalue weighted by molar-refractivity contribution is 7.92. The number of hydrogen-bond acceptors (Lipinski definition) is 6. The lowest BCUT2D eigenvalue weighted by Crippen LogP contribution is -2.45. The molecule has 8 nitrogen and oxygen atoms in total. The van der Waals surface area contributed by atoms with Crippen molar-refractivity contribution >= 4 is 27.3 Å². The van der Waals surface area contributed by atoms with E-state index in [1.54, 1.807) is 42.5 Å². The Morgan fingerprint density at radius 2 is 1.54 bits per heavy atom. The summed E-state index contributed by atoms with van der Waals surface area (Å²) in [4.78, 5) is 12.8. The van der Waals surface area contributed by atoms with Crippen molar-refractivity contribution < 1.29 is 27.4 Å². The Morgan fingerprint density at radius 3 is 2.04 bits per heavy atom. The second-order valence-corrected chi connectivity index (χ2v) is 7.85.